The van der Waals surface area contributed by atoms with Gasteiger partial charge in [-0.15, -0.1) is 0 Å². The van der Waals surface area contributed by atoms with E-state index in [-0.39, 0.29) is 11.9 Å². The van der Waals surface area contributed by atoms with Gasteiger partial charge in [-0.05, 0) is 37.2 Å². The number of amides is 1. The fourth-order valence-corrected chi connectivity index (χ4v) is 3.44. The smallest absolute Gasteiger partial charge is 0.222 e. The second kappa shape index (κ2) is 12.3. The summed E-state index contributed by atoms with van der Waals surface area (Å²) < 4.78 is 5.84. The third-order valence-corrected chi connectivity index (χ3v) is 5.36. The van der Waals surface area contributed by atoms with Crippen molar-refractivity contribution >= 4 is 11.9 Å². The van der Waals surface area contributed by atoms with Crippen LogP contribution in [0.15, 0.2) is 29.3 Å². The maximum atomic E-state index is 11.8. The highest BCUT2D eigenvalue weighted by Crippen LogP contribution is 2.13. The molecule has 1 fully saturated rings. The molecule has 2 N–H and O–H groups in total. The fourth-order valence-electron chi connectivity index (χ4n) is 3.44. The SMILES string of the molecule is CCC(=O)N1CCC(NC(=NC)NCc2ccc(OCCN(CC)CC)cc2)C1. The van der Waals surface area contributed by atoms with E-state index in [1.807, 2.05) is 24.0 Å². The Morgan fingerprint density at radius 2 is 1.97 bits per heavy atom. The van der Waals surface area contributed by atoms with E-state index in [2.05, 4.69) is 46.5 Å². The lowest BCUT2D eigenvalue weighted by molar-refractivity contribution is -0.129. The summed E-state index contributed by atoms with van der Waals surface area (Å²) in [5.74, 6) is 1.88. The van der Waals surface area contributed by atoms with Crippen LogP contribution in [0.25, 0.3) is 0 Å². The van der Waals surface area contributed by atoms with Crippen LogP contribution in [0.1, 0.15) is 39.2 Å². The molecule has 1 aliphatic heterocycles. The zero-order chi connectivity index (χ0) is 21.1. The Kier molecular flexibility index (Phi) is 9.77. The second-order valence-corrected chi connectivity index (χ2v) is 7.27. The maximum absolute atomic E-state index is 11.8. The Bertz CT molecular complexity index is 643. The highest BCUT2D eigenvalue weighted by molar-refractivity contribution is 5.80. The molecule has 0 bridgehead atoms. The molecule has 2 rings (SSSR count). The van der Waals surface area contributed by atoms with Gasteiger partial charge < -0.3 is 25.2 Å². The standard InChI is InChI=1S/C22H37N5O2/c1-5-21(28)27-13-12-19(17-27)25-22(23-4)24-16-18-8-10-20(11-9-18)29-15-14-26(6-2)7-3/h8-11,19H,5-7,12-17H2,1-4H3,(H2,23,24,25). The van der Waals surface area contributed by atoms with Crippen molar-refractivity contribution in [2.45, 2.75) is 46.2 Å². The molecular formula is C22H37N5O2. The van der Waals surface area contributed by atoms with Crippen LogP contribution in [0.2, 0.25) is 0 Å². The number of hydrogen-bond acceptors (Lipinski definition) is 4. The maximum Gasteiger partial charge on any atom is 0.222 e. The molecule has 1 amide bonds. The van der Waals surface area contributed by atoms with Gasteiger partial charge in [0.2, 0.25) is 5.91 Å². The van der Waals surface area contributed by atoms with Crippen molar-refractivity contribution in [1.82, 2.24) is 20.4 Å². The number of nitrogens with one attached hydrogen (secondary N) is 2. The summed E-state index contributed by atoms with van der Waals surface area (Å²) in [6.45, 7) is 12.2. The fraction of sp³-hybridized carbons (Fsp3) is 0.636. The van der Waals surface area contributed by atoms with Crippen molar-refractivity contribution in [3.8, 4) is 5.75 Å². The molecule has 0 spiro atoms. The molecule has 29 heavy (non-hydrogen) atoms. The molecule has 0 radical (unpaired) electrons. The van der Waals surface area contributed by atoms with Crippen LogP contribution in [0.4, 0.5) is 0 Å². The molecule has 1 saturated heterocycles. The number of carbonyl (C=O) groups excluding carboxylic acids is 1. The molecule has 1 unspecified atom stereocenters. The summed E-state index contributed by atoms with van der Waals surface area (Å²) in [5, 5.41) is 6.77. The van der Waals surface area contributed by atoms with Gasteiger partial charge in [-0.2, -0.15) is 0 Å². The Labute approximate surface area is 175 Å². The number of nitrogens with zero attached hydrogens (tertiary/aromatic N) is 3. The minimum Gasteiger partial charge on any atom is -0.492 e. The van der Waals surface area contributed by atoms with Crippen molar-refractivity contribution in [3.63, 3.8) is 0 Å². The lowest BCUT2D eigenvalue weighted by atomic mass is 10.2. The number of likely N-dealkylation sites (tertiary alicyclic amines) is 1. The van der Waals surface area contributed by atoms with Gasteiger partial charge >= 0.3 is 0 Å². The number of guanidine groups is 1. The van der Waals surface area contributed by atoms with Crippen LogP contribution in [0, 0.1) is 0 Å². The number of aliphatic imine (C=N–C) groups is 1. The van der Waals surface area contributed by atoms with E-state index in [4.69, 9.17) is 4.74 Å². The molecule has 1 aromatic carbocycles. The van der Waals surface area contributed by atoms with Crippen LogP contribution in [-0.4, -0.2) is 74.1 Å². The molecule has 1 heterocycles. The van der Waals surface area contributed by atoms with Crippen LogP contribution < -0.4 is 15.4 Å². The van der Waals surface area contributed by atoms with E-state index in [1.54, 1.807) is 7.05 Å². The Hall–Kier alpha value is -2.28. The molecular weight excluding hydrogens is 366 g/mol. The third-order valence-electron chi connectivity index (χ3n) is 5.36. The number of hydrogen-bond donors (Lipinski definition) is 2. The highest BCUT2D eigenvalue weighted by Gasteiger charge is 2.25. The van der Waals surface area contributed by atoms with Gasteiger partial charge in [0.05, 0.1) is 0 Å². The van der Waals surface area contributed by atoms with Crippen LogP contribution in [0.3, 0.4) is 0 Å². The zero-order valence-corrected chi connectivity index (χ0v) is 18.4. The van der Waals surface area contributed by atoms with Crippen LogP contribution in [-0.2, 0) is 11.3 Å². The molecule has 7 heteroatoms. The van der Waals surface area contributed by atoms with E-state index >= 15 is 0 Å². The number of rotatable bonds is 10. The largest absolute Gasteiger partial charge is 0.492 e. The quantitative estimate of drug-likeness (QED) is 0.462. The summed E-state index contributed by atoms with van der Waals surface area (Å²) in [7, 11) is 1.77. The molecule has 0 aromatic heterocycles. The van der Waals surface area contributed by atoms with Gasteiger partial charge in [0.1, 0.15) is 12.4 Å². The minimum atomic E-state index is 0.219. The molecule has 7 nitrogen and oxygen atoms in total. The average Bonchev–Trinajstić information content (AvgIpc) is 3.23. The van der Waals surface area contributed by atoms with Crippen molar-refractivity contribution < 1.29 is 9.53 Å². The van der Waals surface area contributed by atoms with Crippen molar-refractivity contribution in [2.75, 3.05) is 46.4 Å². The van der Waals surface area contributed by atoms with Gasteiger partial charge in [0.15, 0.2) is 5.96 Å². The summed E-state index contributed by atoms with van der Waals surface area (Å²) in [4.78, 5) is 20.4. The van der Waals surface area contributed by atoms with Crippen molar-refractivity contribution in [3.05, 3.63) is 29.8 Å². The normalized spacial score (nSPS) is 16.9. The van der Waals surface area contributed by atoms with E-state index in [0.29, 0.717) is 19.6 Å². The van der Waals surface area contributed by atoms with E-state index in [9.17, 15) is 4.79 Å². The van der Waals surface area contributed by atoms with Gasteiger partial charge in [0.25, 0.3) is 0 Å². The zero-order valence-electron chi connectivity index (χ0n) is 18.4. The molecule has 1 aliphatic rings. The number of benzene rings is 1. The van der Waals surface area contributed by atoms with E-state index in [1.165, 1.54) is 5.56 Å². The number of likely N-dealkylation sites (N-methyl/N-ethyl adjacent to an activating group) is 1. The summed E-state index contributed by atoms with van der Waals surface area (Å²) in [6, 6.07) is 8.42. The first-order chi connectivity index (χ1) is 14.1. The van der Waals surface area contributed by atoms with Crippen LogP contribution in [0.5, 0.6) is 5.75 Å². The first kappa shape index (κ1) is 23.0. The minimum absolute atomic E-state index is 0.219. The lowest BCUT2D eigenvalue weighted by Gasteiger charge is -2.19. The molecule has 162 valence electrons. The van der Waals surface area contributed by atoms with E-state index in [0.717, 1.165) is 50.9 Å². The Morgan fingerprint density at radius 1 is 1.24 bits per heavy atom. The van der Waals surface area contributed by atoms with Gasteiger partial charge in [-0.25, -0.2) is 0 Å². The van der Waals surface area contributed by atoms with Crippen molar-refractivity contribution in [1.29, 1.82) is 0 Å². The molecule has 0 aliphatic carbocycles. The Morgan fingerprint density at radius 3 is 2.59 bits per heavy atom. The second-order valence-electron chi connectivity index (χ2n) is 7.27. The third kappa shape index (κ3) is 7.57. The van der Waals surface area contributed by atoms with Gasteiger partial charge in [-0.3, -0.25) is 9.79 Å². The topological polar surface area (TPSA) is 69.2 Å². The summed E-state index contributed by atoms with van der Waals surface area (Å²) in [5.41, 5.74) is 1.17. The molecule has 0 saturated carbocycles. The predicted octanol–water partition coefficient (Wildman–Crippen LogP) is 2.08. The Balaban J connectivity index is 1.73. The highest BCUT2D eigenvalue weighted by atomic mass is 16.5. The molecule has 1 atom stereocenters. The average molecular weight is 404 g/mol. The monoisotopic (exact) mass is 403 g/mol. The first-order valence-electron chi connectivity index (χ1n) is 10.8. The lowest BCUT2D eigenvalue weighted by Crippen LogP contribution is -2.44. The summed E-state index contributed by atoms with van der Waals surface area (Å²) >= 11 is 0. The predicted molar refractivity (Wildman–Crippen MR) is 118 cm³/mol. The van der Waals surface area contributed by atoms with Gasteiger partial charge in [-0.1, -0.05) is 32.9 Å². The number of ether oxygens (including phenoxy) is 1. The number of carbonyl (C=O) groups is 1. The van der Waals surface area contributed by atoms with E-state index < -0.39 is 0 Å². The van der Waals surface area contributed by atoms with Crippen LogP contribution >= 0.6 is 0 Å². The molecule has 1 aromatic rings. The van der Waals surface area contributed by atoms with Gasteiger partial charge in [0, 0.05) is 45.7 Å². The van der Waals surface area contributed by atoms with Crippen molar-refractivity contribution in [2.24, 2.45) is 4.99 Å². The first-order valence-corrected chi connectivity index (χ1v) is 10.8. The summed E-state index contributed by atoms with van der Waals surface area (Å²) in [6.07, 6.45) is 1.51.